The van der Waals surface area contributed by atoms with E-state index >= 15 is 0 Å². The lowest BCUT2D eigenvalue weighted by atomic mass is 10.1. The van der Waals surface area contributed by atoms with E-state index in [-0.39, 0.29) is 0 Å². The summed E-state index contributed by atoms with van der Waals surface area (Å²) in [4.78, 5) is 3.19. The largest absolute Gasteiger partial charge is 0.346 e. The van der Waals surface area contributed by atoms with Crippen LogP contribution >= 0.6 is 12.2 Å². The second-order valence-electron chi connectivity index (χ2n) is 3.37. The van der Waals surface area contributed by atoms with Gasteiger partial charge >= 0.3 is 0 Å². The fraction of sp³-hybridized carbons (Fsp3) is 0.182. The van der Waals surface area contributed by atoms with Crippen molar-refractivity contribution < 1.29 is 0 Å². The lowest BCUT2D eigenvalue weighted by molar-refractivity contribution is 1.34. The first-order valence-electron chi connectivity index (χ1n) is 4.27. The summed E-state index contributed by atoms with van der Waals surface area (Å²) >= 11 is 5.07. The molecule has 1 nitrogen and oxygen atoms in total. The molecule has 0 aliphatic heterocycles. The van der Waals surface area contributed by atoms with Crippen molar-refractivity contribution in [1.82, 2.24) is 4.98 Å². The van der Waals surface area contributed by atoms with E-state index in [9.17, 15) is 0 Å². The molecule has 0 spiro atoms. The topological polar surface area (TPSA) is 15.8 Å². The molecule has 0 fully saturated rings. The zero-order valence-corrected chi connectivity index (χ0v) is 8.53. The molecule has 0 unspecified atom stereocenters. The molecule has 1 heterocycles. The number of nitrogens with one attached hydrogen (secondary N) is 1. The van der Waals surface area contributed by atoms with E-state index in [4.69, 9.17) is 12.2 Å². The molecule has 0 atom stereocenters. The first kappa shape index (κ1) is 8.45. The fourth-order valence-corrected chi connectivity index (χ4v) is 1.81. The number of aromatic nitrogens is 1. The molecule has 0 bridgehead atoms. The van der Waals surface area contributed by atoms with Gasteiger partial charge in [0.25, 0.3) is 0 Å². The van der Waals surface area contributed by atoms with Gasteiger partial charge in [-0.05, 0) is 43.2 Å². The van der Waals surface area contributed by atoms with Gasteiger partial charge in [0.15, 0.2) is 0 Å². The van der Waals surface area contributed by atoms with E-state index in [2.05, 4.69) is 37.0 Å². The standard InChI is InChI=1S/C11H11NS/c1-7-5-8(2)9-3-4-11(13)12-10(9)6-7/h3-6H,1-2H3,(H,12,13). The molecule has 0 radical (unpaired) electrons. The Morgan fingerprint density at radius 2 is 1.92 bits per heavy atom. The van der Waals surface area contributed by atoms with E-state index in [1.807, 2.05) is 6.07 Å². The van der Waals surface area contributed by atoms with Crippen molar-refractivity contribution in [3.63, 3.8) is 0 Å². The molecule has 2 heteroatoms. The highest BCUT2D eigenvalue weighted by Crippen LogP contribution is 2.17. The molecule has 2 aromatic rings. The van der Waals surface area contributed by atoms with E-state index in [0.29, 0.717) is 0 Å². The lowest BCUT2D eigenvalue weighted by Gasteiger charge is -2.03. The van der Waals surface area contributed by atoms with Crippen molar-refractivity contribution in [2.45, 2.75) is 13.8 Å². The highest BCUT2D eigenvalue weighted by atomic mass is 32.1. The van der Waals surface area contributed by atoms with E-state index in [1.165, 1.54) is 16.5 Å². The zero-order chi connectivity index (χ0) is 9.42. The van der Waals surface area contributed by atoms with Crippen LogP contribution in [-0.2, 0) is 0 Å². The van der Waals surface area contributed by atoms with Gasteiger partial charge < -0.3 is 4.98 Å². The highest BCUT2D eigenvalue weighted by molar-refractivity contribution is 7.71. The number of fused-ring (bicyclic) bond motifs is 1. The summed E-state index contributed by atoms with van der Waals surface area (Å²) < 4.78 is 0.789. The maximum atomic E-state index is 5.07. The third-order valence-corrected chi connectivity index (χ3v) is 2.43. The van der Waals surface area contributed by atoms with Crippen LogP contribution in [0.15, 0.2) is 24.3 Å². The second kappa shape index (κ2) is 2.96. The van der Waals surface area contributed by atoms with Gasteiger partial charge in [-0.1, -0.05) is 18.3 Å². The van der Waals surface area contributed by atoms with E-state index in [1.54, 1.807) is 0 Å². The maximum absolute atomic E-state index is 5.07. The smallest absolute Gasteiger partial charge is 0.103 e. The molecule has 0 saturated carbocycles. The summed E-state index contributed by atoms with van der Waals surface area (Å²) in [6.45, 7) is 4.21. The molecule has 13 heavy (non-hydrogen) atoms. The Morgan fingerprint density at radius 3 is 2.69 bits per heavy atom. The zero-order valence-electron chi connectivity index (χ0n) is 7.72. The minimum absolute atomic E-state index is 0.789. The Balaban J connectivity index is 2.94. The minimum atomic E-state index is 0.789. The lowest BCUT2D eigenvalue weighted by Crippen LogP contribution is -1.84. The first-order valence-corrected chi connectivity index (χ1v) is 4.68. The van der Waals surface area contributed by atoms with Gasteiger partial charge in [-0.2, -0.15) is 0 Å². The number of pyridine rings is 1. The molecule has 66 valence electrons. The Labute approximate surface area is 82.4 Å². The molecule has 1 aromatic heterocycles. The molecule has 0 aliphatic carbocycles. The van der Waals surface area contributed by atoms with Gasteiger partial charge in [-0.25, -0.2) is 0 Å². The van der Waals surface area contributed by atoms with Crippen molar-refractivity contribution >= 4 is 23.1 Å². The van der Waals surface area contributed by atoms with Crippen LogP contribution in [0.3, 0.4) is 0 Å². The Bertz CT molecular complexity index is 511. The molecule has 1 aromatic carbocycles. The van der Waals surface area contributed by atoms with Crippen molar-refractivity contribution in [2.75, 3.05) is 0 Å². The van der Waals surface area contributed by atoms with Crippen LogP contribution in [0, 0.1) is 18.5 Å². The SMILES string of the molecule is Cc1cc(C)c2ccc(=S)[nH]c2c1. The van der Waals surface area contributed by atoms with Gasteiger partial charge in [-0.3, -0.25) is 0 Å². The number of hydrogen-bond acceptors (Lipinski definition) is 1. The molecule has 0 saturated heterocycles. The summed E-state index contributed by atoms with van der Waals surface area (Å²) in [6.07, 6.45) is 0. The Kier molecular flexibility index (Phi) is 1.93. The van der Waals surface area contributed by atoms with Crippen molar-refractivity contribution in [1.29, 1.82) is 0 Å². The van der Waals surface area contributed by atoms with Crippen LogP contribution in [0.2, 0.25) is 0 Å². The first-order chi connectivity index (χ1) is 6.16. The number of aromatic amines is 1. The third kappa shape index (κ3) is 1.49. The third-order valence-electron chi connectivity index (χ3n) is 2.19. The van der Waals surface area contributed by atoms with Crippen LogP contribution in [0.25, 0.3) is 10.9 Å². The van der Waals surface area contributed by atoms with E-state index < -0.39 is 0 Å². The van der Waals surface area contributed by atoms with Gasteiger partial charge in [0.1, 0.15) is 4.64 Å². The van der Waals surface area contributed by atoms with Gasteiger partial charge in [0.05, 0.1) is 0 Å². The number of hydrogen-bond donors (Lipinski definition) is 1. The van der Waals surface area contributed by atoms with E-state index in [0.717, 1.165) is 10.2 Å². The number of benzene rings is 1. The van der Waals surface area contributed by atoms with Gasteiger partial charge in [0.2, 0.25) is 0 Å². The Morgan fingerprint density at radius 1 is 1.15 bits per heavy atom. The fourth-order valence-electron chi connectivity index (χ4n) is 1.64. The molecule has 2 rings (SSSR count). The molecule has 0 aliphatic rings. The van der Waals surface area contributed by atoms with Crippen molar-refractivity contribution in [2.24, 2.45) is 0 Å². The van der Waals surface area contributed by atoms with Crippen LogP contribution in [-0.4, -0.2) is 4.98 Å². The molecular formula is C11H11NS. The normalized spacial score (nSPS) is 10.6. The molecular weight excluding hydrogens is 178 g/mol. The molecule has 1 N–H and O–H groups in total. The highest BCUT2D eigenvalue weighted by Gasteiger charge is 1.97. The average molecular weight is 189 g/mol. The average Bonchev–Trinajstić information content (AvgIpc) is 2.02. The quantitative estimate of drug-likeness (QED) is 0.627. The van der Waals surface area contributed by atoms with Crippen LogP contribution in [0.1, 0.15) is 11.1 Å². The summed E-state index contributed by atoms with van der Waals surface area (Å²) in [5, 5.41) is 1.25. The minimum Gasteiger partial charge on any atom is -0.346 e. The predicted octanol–water partition coefficient (Wildman–Crippen LogP) is 3.51. The maximum Gasteiger partial charge on any atom is 0.103 e. The summed E-state index contributed by atoms with van der Waals surface area (Å²) in [5.41, 5.74) is 3.69. The van der Waals surface area contributed by atoms with Crippen LogP contribution in [0.4, 0.5) is 0 Å². The second-order valence-corrected chi connectivity index (χ2v) is 3.81. The van der Waals surface area contributed by atoms with Crippen LogP contribution < -0.4 is 0 Å². The number of aryl methyl sites for hydroxylation is 2. The van der Waals surface area contributed by atoms with Crippen molar-refractivity contribution in [3.8, 4) is 0 Å². The molecule has 0 amide bonds. The van der Waals surface area contributed by atoms with Crippen molar-refractivity contribution in [3.05, 3.63) is 40.0 Å². The summed E-state index contributed by atoms with van der Waals surface area (Å²) in [5.74, 6) is 0. The van der Waals surface area contributed by atoms with Gasteiger partial charge in [0, 0.05) is 10.9 Å². The number of rotatable bonds is 0. The summed E-state index contributed by atoms with van der Waals surface area (Å²) in [7, 11) is 0. The predicted molar refractivity (Wildman–Crippen MR) is 58.6 cm³/mol. The number of H-pyrrole nitrogens is 1. The van der Waals surface area contributed by atoms with Crippen LogP contribution in [0.5, 0.6) is 0 Å². The summed E-state index contributed by atoms with van der Waals surface area (Å²) in [6, 6.07) is 8.31. The monoisotopic (exact) mass is 189 g/mol. The Hall–Kier alpha value is -1.15. The van der Waals surface area contributed by atoms with Gasteiger partial charge in [-0.15, -0.1) is 0 Å².